The Morgan fingerprint density at radius 1 is 0.933 bits per heavy atom. The van der Waals surface area contributed by atoms with Gasteiger partial charge < -0.3 is 19.7 Å². The lowest BCUT2D eigenvalue weighted by molar-refractivity contribution is -0.144. The molecule has 0 radical (unpaired) electrons. The number of amides is 2. The minimum absolute atomic E-state index is 0.204. The lowest BCUT2D eigenvalue weighted by Crippen LogP contribution is -2.51. The van der Waals surface area contributed by atoms with Gasteiger partial charge in [-0.1, -0.05) is 6.07 Å². The average Bonchev–Trinajstić information content (AvgIpc) is 3.22. The van der Waals surface area contributed by atoms with Crippen LogP contribution < -0.4 is 14.8 Å². The van der Waals surface area contributed by atoms with E-state index in [-0.39, 0.29) is 6.79 Å². The molecule has 2 aromatic rings. The summed E-state index contributed by atoms with van der Waals surface area (Å²) in [6, 6.07) is 7.23. The van der Waals surface area contributed by atoms with Gasteiger partial charge in [-0.25, -0.2) is 13.2 Å². The Hall–Kier alpha value is -3.27. The second-order valence-electron chi connectivity index (χ2n) is 6.93. The molecule has 0 aliphatic carbocycles. The van der Waals surface area contributed by atoms with Crippen LogP contribution in [0.1, 0.15) is 5.56 Å². The predicted molar refractivity (Wildman–Crippen MR) is 99.4 cm³/mol. The summed E-state index contributed by atoms with van der Waals surface area (Å²) < 4.78 is 50.6. The molecule has 10 heteroatoms. The van der Waals surface area contributed by atoms with E-state index in [1.165, 1.54) is 4.90 Å². The largest absolute Gasteiger partial charge is 0.454 e. The van der Waals surface area contributed by atoms with E-state index >= 15 is 0 Å². The number of nitrogens with zero attached hydrogens (tertiary/aromatic N) is 2. The summed E-state index contributed by atoms with van der Waals surface area (Å²) >= 11 is 0. The summed E-state index contributed by atoms with van der Waals surface area (Å²) in [4.78, 5) is 27.9. The standard InChI is InChI=1S/C20H18F3N3O4/c21-13-2-3-14(18(23)17(13)22)24-19(27)20(28)26-7-5-25(6-8-26)10-12-1-4-15-16(9-12)30-11-29-15/h1-4,9H,5-8,10-11H2,(H,24,27). The van der Waals surface area contributed by atoms with Crippen molar-refractivity contribution in [3.63, 3.8) is 0 Å². The topological polar surface area (TPSA) is 71.1 Å². The molecule has 4 rings (SSSR count). The van der Waals surface area contributed by atoms with E-state index in [1.54, 1.807) is 0 Å². The maximum Gasteiger partial charge on any atom is 0.313 e. The van der Waals surface area contributed by atoms with Gasteiger partial charge in [-0.3, -0.25) is 14.5 Å². The number of carbonyl (C=O) groups is 2. The molecule has 0 aromatic heterocycles. The van der Waals surface area contributed by atoms with Crippen LogP contribution in [0.15, 0.2) is 30.3 Å². The molecule has 1 fully saturated rings. The summed E-state index contributed by atoms with van der Waals surface area (Å²) in [7, 11) is 0. The molecule has 0 atom stereocenters. The van der Waals surface area contributed by atoms with Gasteiger partial charge in [0.1, 0.15) is 0 Å². The molecular weight excluding hydrogens is 403 g/mol. The van der Waals surface area contributed by atoms with Gasteiger partial charge in [0, 0.05) is 32.7 Å². The molecule has 2 amide bonds. The number of hydrogen-bond donors (Lipinski definition) is 1. The van der Waals surface area contributed by atoms with E-state index in [9.17, 15) is 22.8 Å². The quantitative estimate of drug-likeness (QED) is 0.607. The van der Waals surface area contributed by atoms with Gasteiger partial charge in [-0.2, -0.15) is 0 Å². The highest BCUT2D eigenvalue weighted by molar-refractivity contribution is 6.39. The Balaban J connectivity index is 1.31. The summed E-state index contributed by atoms with van der Waals surface area (Å²) in [6.07, 6.45) is 0. The Morgan fingerprint density at radius 3 is 2.43 bits per heavy atom. The highest BCUT2D eigenvalue weighted by Crippen LogP contribution is 2.32. The minimum Gasteiger partial charge on any atom is -0.454 e. The molecule has 2 aromatic carbocycles. The summed E-state index contributed by atoms with van der Waals surface area (Å²) in [5.74, 6) is -5.21. The van der Waals surface area contributed by atoms with Crippen LogP contribution in [-0.2, 0) is 16.1 Å². The molecule has 2 aliphatic rings. The van der Waals surface area contributed by atoms with Crippen molar-refractivity contribution in [1.29, 1.82) is 0 Å². The number of piperazine rings is 1. The van der Waals surface area contributed by atoms with E-state index in [0.717, 1.165) is 11.6 Å². The molecule has 1 N–H and O–H groups in total. The zero-order valence-corrected chi connectivity index (χ0v) is 15.8. The van der Waals surface area contributed by atoms with Gasteiger partial charge in [0.15, 0.2) is 29.0 Å². The number of rotatable bonds is 3. The zero-order chi connectivity index (χ0) is 21.3. The van der Waals surface area contributed by atoms with Crippen LogP contribution in [0.3, 0.4) is 0 Å². The number of nitrogens with one attached hydrogen (secondary N) is 1. The Bertz CT molecular complexity index is 994. The summed E-state index contributed by atoms with van der Waals surface area (Å²) in [5.41, 5.74) is 0.444. The first-order valence-electron chi connectivity index (χ1n) is 9.27. The third-order valence-corrected chi connectivity index (χ3v) is 4.98. The lowest BCUT2D eigenvalue weighted by atomic mass is 10.1. The molecule has 2 aliphatic heterocycles. The number of anilines is 1. The normalized spacial score (nSPS) is 15.9. The first-order chi connectivity index (χ1) is 14.4. The summed E-state index contributed by atoms with van der Waals surface area (Å²) in [6.45, 7) is 2.52. The van der Waals surface area contributed by atoms with E-state index in [1.807, 2.05) is 23.5 Å². The van der Waals surface area contributed by atoms with E-state index in [2.05, 4.69) is 4.90 Å². The minimum atomic E-state index is -1.71. The van der Waals surface area contributed by atoms with Crippen LogP contribution >= 0.6 is 0 Å². The second kappa shape index (κ2) is 8.23. The lowest BCUT2D eigenvalue weighted by Gasteiger charge is -2.34. The van der Waals surface area contributed by atoms with Gasteiger partial charge in [0.05, 0.1) is 5.69 Å². The van der Waals surface area contributed by atoms with Crippen molar-refractivity contribution in [2.45, 2.75) is 6.54 Å². The van der Waals surface area contributed by atoms with Crippen molar-refractivity contribution in [2.24, 2.45) is 0 Å². The highest BCUT2D eigenvalue weighted by atomic mass is 19.2. The number of fused-ring (bicyclic) bond motifs is 1. The van der Waals surface area contributed by atoms with Crippen LogP contribution in [0.5, 0.6) is 11.5 Å². The van der Waals surface area contributed by atoms with Crippen LogP contribution in [0.4, 0.5) is 18.9 Å². The first kappa shape index (κ1) is 20.0. The van der Waals surface area contributed by atoms with Crippen LogP contribution in [0.2, 0.25) is 0 Å². The van der Waals surface area contributed by atoms with Gasteiger partial charge in [0.2, 0.25) is 6.79 Å². The fourth-order valence-corrected chi connectivity index (χ4v) is 3.35. The van der Waals surface area contributed by atoms with Crippen LogP contribution in [-0.4, -0.2) is 54.6 Å². The SMILES string of the molecule is O=C(Nc1ccc(F)c(F)c1F)C(=O)N1CCN(Cc2ccc3c(c2)OCO3)CC1. The molecule has 1 saturated heterocycles. The van der Waals surface area contributed by atoms with Gasteiger partial charge in [0.25, 0.3) is 0 Å². The monoisotopic (exact) mass is 421 g/mol. The second-order valence-corrected chi connectivity index (χ2v) is 6.93. The smallest absolute Gasteiger partial charge is 0.313 e. The number of ether oxygens (including phenoxy) is 2. The Morgan fingerprint density at radius 2 is 1.67 bits per heavy atom. The van der Waals surface area contributed by atoms with Crippen molar-refractivity contribution in [3.8, 4) is 11.5 Å². The Labute approximate surface area is 170 Å². The van der Waals surface area contributed by atoms with Crippen LogP contribution in [0, 0.1) is 17.5 Å². The number of halogens is 3. The average molecular weight is 421 g/mol. The van der Waals surface area contributed by atoms with Crippen molar-refractivity contribution in [1.82, 2.24) is 9.80 Å². The van der Waals surface area contributed by atoms with Crippen LogP contribution in [0.25, 0.3) is 0 Å². The molecule has 30 heavy (non-hydrogen) atoms. The fraction of sp³-hybridized carbons (Fsp3) is 0.300. The fourth-order valence-electron chi connectivity index (χ4n) is 3.35. The van der Waals surface area contributed by atoms with Gasteiger partial charge in [-0.15, -0.1) is 0 Å². The molecule has 158 valence electrons. The van der Waals surface area contributed by atoms with Gasteiger partial charge >= 0.3 is 11.8 Å². The molecule has 0 saturated carbocycles. The zero-order valence-electron chi connectivity index (χ0n) is 15.8. The highest BCUT2D eigenvalue weighted by Gasteiger charge is 2.27. The first-order valence-corrected chi connectivity index (χ1v) is 9.27. The van der Waals surface area contributed by atoms with E-state index in [4.69, 9.17) is 9.47 Å². The van der Waals surface area contributed by atoms with E-state index < -0.39 is 35.0 Å². The molecule has 0 bridgehead atoms. The predicted octanol–water partition coefficient (Wildman–Crippen LogP) is 2.12. The molecule has 7 nitrogen and oxygen atoms in total. The number of benzene rings is 2. The van der Waals surface area contributed by atoms with E-state index in [0.29, 0.717) is 50.3 Å². The molecule has 2 heterocycles. The third kappa shape index (κ3) is 4.04. The third-order valence-electron chi connectivity index (χ3n) is 4.98. The Kier molecular flexibility index (Phi) is 5.49. The molecule has 0 unspecified atom stereocenters. The maximum absolute atomic E-state index is 13.7. The molecular formula is C20H18F3N3O4. The maximum atomic E-state index is 13.7. The number of hydrogen-bond acceptors (Lipinski definition) is 5. The van der Waals surface area contributed by atoms with Crippen molar-refractivity contribution in [3.05, 3.63) is 53.3 Å². The number of carbonyl (C=O) groups excluding carboxylic acids is 2. The summed E-state index contributed by atoms with van der Waals surface area (Å²) in [5, 5.41) is 2.00. The van der Waals surface area contributed by atoms with Gasteiger partial charge in [-0.05, 0) is 29.8 Å². The van der Waals surface area contributed by atoms with Crippen molar-refractivity contribution >= 4 is 17.5 Å². The van der Waals surface area contributed by atoms with Crippen molar-refractivity contribution < 1.29 is 32.2 Å². The molecule has 0 spiro atoms. The van der Waals surface area contributed by atoms with Crippen molar-refractivity contribution in [2.75, 3.05) is 38.3 Å².